The van der Waals surface area contributed by atoms with E-state index in [2.05, 4.69) is 227 Å². The molecule has 2 nitrogen and oxygen atoms in total. The molecule has 0 aromatic heterocycles. The highest BCUT2D eigenvalue weighted by Crippen LogP contribution is 2.54. The van der Waals surface area contributed by atoms with E-state index >= 15 is 0 Å². The zero-order chi connectivity index (χ0) is 48.7. The third kappa shape index (κ3) is 7.08. The van der Waals surface area contributed by atoms with Crippen molar-refractivity contribution in [1.29, 1.82) is 0 Å². The van der Waals surface area contributed by atoms with Gasteiger partial charge in [0, 0.05) is 38.1 Å². The highest BCUT2D eigenvalue weighted by atomic mass is 15.2. The standard InChI is InChI=1S/C62H67BN2/c1-39-30-55-57-56(31-39)65(52-35-45(40-22-17-15-18-23-40)47(60(8,9)10)34-46(52)41-24-19-16-20-25-41)54-37-49-48(61(11,12)38-62(49,13)14)36-51(54)63(57)50-29-28-43(59(5,6)7)33-53(50)64(55)44-27-21-26-42(32-44)58(2,3)4/h15-37H,38H2,1-14H3/i1D3. The Balaban J connectivity index is 1.41. The van der Waals surface area contributed by atoms with Crippen LogP contribution in [0.1, 0.15) is 134 Å². The molecule has 0 N–H and O–H groups in total. The van der Waals surface area contributed by atoms with Crippen LogP contribution in [0, 0.1) is 6.85 Å². The number of hydrogen-bond donors (Lipinski definition) is 0. The first kappa shape index (κ1) is 39.6. The van der Waals surface area contributed by atoms with E-state index in [0.717, 1.165) is 62.7 Å². The Morgan fingerprint density at radius 2 is 1.05 bits per heavy atom. The first-order valence-electron chi connectivity index (χ1n) is 25.3. The van der Waals surface area contributed by atoms with Gasteiger partial charge >= 0.3 is 0 Å². The molecule has 0 spiro atoms. The van der Waals surface area contributed by atoms with Crippen LogP contribution in [0.25, 0.3) is 22.3 Å². The average Bonchev–Trinajstić information content (AvgIpc) is 3.45. The minimum Gasteiger partial charge on any atom is -0.311 e. The van der Waals surface area contributed by atoms with Crippen LogP contribution in [0.3, 0.4) is 0 Å². The van der Waals surface area contributed by atoms with Crippen molar-refractivity contribution in [3.8, 4) is 22.3 Å². The van der Waals surface area contributed by atoms with Gasteiger partial charge in [-0.1, -0.05) is 181 Å². The molecule has 0 saturated carbocycles. The van der Waals surface area contributed by atoms with Crippen LogP contribution in [-0.2, 0) is 27.1 Å². The van der Waals surface area contributed by atoms with Gasteiger partial charge in [0.1, 0.15) is 0 Å². The number of nitrogens with zero attached hydrogens (tertiary/aromatic N) is 2. The maximum absolute atomic E-state index is 9.21. The Bertz CT molecular complexity index is 3140. The summed E-state index contributed by atoms with van der Waals surface area (Å²) in [5.74, 6) is 0. The maximum atomic E-state index is 9.21. The lowest BCUT2D eigenvalue weighted by Gasteiger charge is -2.46. The van der Waals surface area contributed by atoms with Crippen LogP contribution in [0.2, 0.25) is 0 Å². The van der Waals surface area contributed by atoms with E-state index in [0.29, 0.717) is 5.56 Å². The molecule has 0 amide bonds. The van der Waals surface area contributed by atoms with Gasteiger partial charge in [0.15, 0.2) is 0 Å². The van der Waals surface area contributed by atoms with Gasteiger partial charge < -0.3 is 9.80 Å². The molecule has 0 saturated heterocycles. The van der Waals surface area contributed by atoms with Gasteiger partial charge in [0.05, 0.1) is 5.69 Å². The second kappa shape index (κ2) is 14.6. The lowest BCUT2D eigenvalue weighted by atomic mass is 9.33. The molecule has 7 aromatic rings. The van der Waals surface area contributed by atoms with Crippen molar-refractivity contribution in [1.82, 2.24) is 0 Å². The van der Waals surface area contributed by atoms with Crippen molar-refractivity contribution in [2.45, 2.75) is 130 Å². The Morgan fingerprint density at radius 1 is 0.477 bits per heavy atom. The van der Waals surface area contributed by atoms with Crippen molar-refractivity contribution in [3.05, 3.63) is 173 Å². The molecule has 0 radical (unpaired) electrons. The van der Waals surface area contributed by atoms with Crippen molar-refractivity contribution in [2.24, 2.45) is 0 Å². The summed E-state index contributed by atoms with van der Waals surface area (Å²) in [6.45, 7) is 27.6. The highest BCUT2D eigenvalue weighted by Gasteiger charge is 2.48. The number of fused-ring (bicyclic) bond motifs is 5. The molecule has 0 fully saturated rings. The van der Waals surface area contributed by atoms with Gasteiger partial charge in [0.2, 0.25) is 0 Å². The molecule has 3 heteroatoms. The van der Waals surface area contributed by atoms with Gasteiger partial charge in [-0.3, -0.25) is 0 Å². The number of rotatable bonds is 4. The predicted octanol–water partition coefficient (Wildman–Crippen LogP) is 15.3. The van der Waals surface area contributed by atoms with Crippen LogP contribution < -0.4 is 26.2 Å². The van der Waals surface area contributed by atoms with Gasteiger partial charge in [-0.25, -0.2) is 0 Å². The molecule has 10 rings (SSSR count). The molecule has 0 atom stereocenters. The molecule has 328 valence electrons. The third-order valence-corrected chi connectivity index (χ3v) is 14.7. The summed E-state index contributed by atoms with van der Waals surface area (Å²) in [7, 11) is 0. The Kier molecular flexibility index (Phi) is 8.89. The average molecular weight is 854 g/mol. The molecule has 65 heavy (non-hydrogen) atoms. The van der Waals surface area contributed by atoms with E-state index in [9.17, 15) is 4.11 Å². The minimum atomic E-state index is -2.39. The van der Waals surface area contributed by atoms with Crippen LogP contribution in [-0.4, -0.2) is 6.71 Å². The first-order chi connectivity index (χ1) is 31.7. The molecular formula is C62H67BN2. The molecule has 0 unspecified atom stereocenters. The number of aryl methyl sites for hydroxylation is 1. The zero-order valence-electron chi connectivity index (χ0n) is 44.0. The summed E-state index contributed by atoms with van der Waals surface area (Å²) >= 11 is 0. The van der Waals surface area contributed by atoms with E-state index in [4.69, 9.17) is 0 Å². The summed E-state index contributed by atoms with van der Waals surface area (Å²) in [4.78, 5) is 4.87. The van der Waals surface area contributed by atoms with Crippen LogP contribution in [0.5, 0.6) is 0 Å². The predicted molar refractivity (Wildman–Crippen MR) is 283 cm³/mol. The molecule has 7 aromatic carbocycles. The van der Waals surface area contributed by atoms with Gasteiger partial charge in [-0.2, -0.15) is 0 Å². The Hall–Kier alpha value is -5.80. The first-order valence-corrected chi connectivity index (χ1v) is 23.8. The lowest BCUT2D eigenvalue weighted by Crippen LogP contribution is -2.61. The van der Waals surface area contributed by atoms with E-state index < -0.39 is 6.85 Å². The largest absolute Gasteiger partial charge is 0.311 e. The van der Waals surface area contributed by atoms with E-state index in [1.165, 1.54) is 44.3 Å². The monoisotopic (exact) mass is 854 g/mol. The van der Waals surface area contributed by atoms with Crippen molar-refractivity contribution < 1.29 is 4.11 Å². The summed E-state index contributed by atoms with van der Waals surface area (Å²) in [5, 5.41) is 0. The van der Waals surface area contributed by atoms with E-state index in [1.54, 1.807) is 0 Å². The molecule has 1 aliphatic carbocycles. The SMILES string of the molecule is [2H]C([2H])([2H])c1cc2c3c(c1)N(c1cc(-c4ccccc4)c(C(C)(C)C)cc1-c1ccccc1)c1cc4c(cc1B3c1ccc(C(C)(C)C)cc1N2c1cccc(C(C)(C)C)c1)C(C)(C)CC4(C)C. The summed E-state index contributed by atoms with van der Waals surface area (Å²) in [5.41, 5.74) is 20.4. The number of benzene rings is 7. The van der Waals surface area contributed by atoms with Gasteiger partial charge in [-0.05, 0) is 155 Å². The fraction of sp³-hybridized carbons (Fsp3) is 0.323. The van der Waals surface area contributed by atoms with Crippen LogP contribution in [0.4, 0.5) is 34.1 Å². The number of anilines is 6. The molecule has 3 aliphatic rings. The van der Waals surface area contributed by atoms with E-state index in [-0.39, 0.29) is 33.8 Å². The van der Waals surface area contributed by atoms with E-state index in [1.807, 2.05) is 12.1 Å². The maximum Gasteiger partial charge on any atom is 0.252 e. The fourth-order valence-electron chi connectivity index (χ4n) is 11.7. The molecule has 0 bridgehead atoms. The summed E-state index contributed by atoms with van der Waals surface area (Å²) < 4.78 is 27.6. The van der Waals surface area contributed by atoms with Crippen molar-refractivity contribution in [3.63, 3.8) is 0 Å². The zero-order valence-corrected chi connectivity index (χ0v) is 41.0. The quantitative estimate of drug-likeness (QED) is 0.163. The van der Waals surface area contributed by atoms with Crippen molar-refractivity contribution >= 4 is 57.2 Å². The molecule has 2 heterocycles. The normalized spacial score (nSPS) is 16.8. The summed E-state index contributed by atoms with van der Waals surface area (Å²) in [6, 6.07) is 51.5. The highest BCUT2D eigenvalue weighted by molar-refractivity contribution is 7.00. The van der Waals surface area contributed by atoms with Crippen LogP contribution in [0.15, 0.2) is 140 Å². The van der Waals surface area contributed by atoms with Gasteiger partial charge in [0.25, 0.3) is 6.71 Å². The smallest absolute Gasteiger partial charge is 0.252 e. The van der Waals surface area contributed by atoms with Gasteiger partial charge in [-0.15, -0.1) is 0 Å². The Labute approximate surface area is 395 Å². The minimum absolute atomic E-state index is 0.0516. The molecular weight excluding hydrogens is 784 g/mol. The molecule has 2 aliphatic heterocycles. The van der Waals surface area contributed by atoms with Crippen LogP contribution >= 0.6 is 0 Å². The Morgan fingerprint density at radius 3 is 1.65 bits per heavy atom. The van der Waals surface area contributed by atoms with Crippen molar-refractivity contribution in [2.75, 3.05) is 9.80 Å². The topological polar surface area (TPSA) is 6.48 Å². The number of hydrogen-bond acceptors (Lipinski definition) is 2. The second-order valence-electron chi connectivity index (χ2n) is 23.7. The lowest BCUT2D eigenvalue weighted by molar-refractivity contribution is 0.403. The fourth-order valence-corrected chi connectivity index (χ4v) is 11.7. The summed E-state index contributed by atoms with van der Waals surface area (Å²) in [6.07, 6.45) is 1.03. The second-order valence-corrected chi connectivity index (χ2v) is 23.7. The third-order valence-electron chi connectivity index (χ3n) is 14.7.